The molecule has 0 radical (unpaired) electrons. The Labute approximate surface area is 187 Å². The van der Waals surface area contributed by atoms with Gasteiger partial charge in [-0.1, -0.05) is 0 Å². The lowest BCUT2D eigenvalue weighted by molar-refractivity contribution is 0.0705. The zero-order chi connectivity index (χ0) is 22.5. The molecule has 0 atom stereocenters. The van der Waals surface area contributed by atoms with Gasteiger partial charge in [0.1, 0.15) is 11.6 Å². The van der Waals surface area contributed by atoms with Crippen molar-refractivity contribution in [1.29, 1.82) is 0 Å². The van der Waals surface area contributed by atoms with E-state index in [0.29, 0.717) is 37.8 Å². The smallest absolute Gasteiger partial charge is 0.276 e. The molecule has 8 heteroatoms. The third kappa shape index (κ3) is 4.65. The maximum Gasteiger partial charge on any atom is 0.276 e. The van der Waals surface area contributed by atoms with E-state index in [1.165, 1.54) is 6.39 Å². The van der Waals surface area contributed by atoms with E-state index in [1.54, 1.807) is 7.11 Å². The summed E-state index contributed by atoms with van der Waals surface area (Å²) in [4.78, 5) is 28.3. The maximum atomic E-state index is 13.2. The fourth-order valence-electron chi connectivity index (χ4n) is 4.04. The molecule has 2 aromatic heterocycles. The van der Waals surface area contributed by atoms with Crippen molar-refractivity contribution in [3.8, 4) is 17.1 Å². The van der Waals surface area contributed by atoms with E-state index in [9.17, 15) is 4.79 Å². The predicted octanol–water partition coefficient (Wildman–Crippen LogP) is 4.00. The SMILES string of the molecule is CCOCc1cnc(C)nc1C1CCN(C(=O)c2ncoc2-c2ccc(OC)cc2)CC1. The van der Waals surface area contributed by atoms with Crippen molar-refractivity contribution in [2.45, 2.75) is 39.2 Å². The second kappa shape index (κ2) is 9.91. The van der Waals surface area contributed by atoms with Crippen LogP contribution in [0.15, 0.2) is 41.3 Å². The molecule has 168 valence electrons. The third-order valence-corrected chi connectivity index (χ3v) is 5.77. The van der Waals surface area contributed by atoms with Gasteiger partial charge < -0.3 is 18.8 Å². The molecule has 1 amide bonds. The molecule has 8 nitrogen and oxygen atoms in total. The van der Waals surface area contributed by atoms with Gasteiger partial charge >= 0.3 is 0 Å². The van der Waals surface area contributed by atoms with Crippen molar-refractivity contribution < 1.29 is 18.7 Å². The molecule has 0 unspecified atom stereocenters. The number of hydrogen-bond donors (Lipinski definition) is 0. The standard InChI is InChI=1S/C24H28N4O4/c1-4-31-14-19-13-25-16(2)27-21(19)17-9-11-28(12-10-17)24(29)22-23(32-15-26-22)18-5-7-20(30-3)8-6-18/h5-8,13,15,17H,4,9-12,14H2,1-3H3. The Morgan fingerprint density at radius 1 is 1.19 bits per heavy atom. The summed E-state index contributed by atoms with van der Waals surface area (Å²) in [5.41, 5.74) is 3.20. The Balaban J connectivity index is 1.46. The number of methoxy groups -OCH3 is 1. The van der Waals surface area contributed by atoms with Gasteiger partial charge in [0.15, 0.2) is 17.8 Å². The summed E-state index contributed by atoms with van der Waals surface area (Å²) in [6, 6.07) is 7.39. The molecule has 1 aliphatic heterocycles. The molecule has 0 spiro atoms. The molecule has 3 heterocycles. The van der Waals surface area contributed by atoms with Gasteiger partial charge in [0.25, 0.3) is 5.91 Å². The Bertz CT molecular complexity index is 1060. The van der Waals surface area contributed by atoms with Crippen LogP contribution in [-0.2, 0) is 11.3 Å². The van der Waals surface area contributed by atoms with Crippen LogP contribution in [-0.4, -0.2) is 52.6 Å². The highest BCUT2D eigenvalue weighted by molar-refractivity contribution is 5.97. The van der Waals surface area contributed by atoms with Crippen molar-refractivity contribution in [1.82, 2.24) is 19.9 Å². The van der Waals surface area contributed by atoms with Crippen molar-refractivity contribution in [2.75, 3.05) is 26.8 Å². The van der Waals surface area contributed by atoms with E-state index in [4.69, 9.17) is 18.9 Å². The summed E-state index contributed by atoms with van der Waals surface area (Å²) >= 11 is 0. The second-order valence-electron chi connectivity index (χ2n) is 7.79. The number of carbonyl (C=O) groups is 1. The van der Waals surface area contributed by atoms with E-state index in [2.05, 4.69) is 9.97 Å². The summed E-state index contributed by atoms with van der Waals surface area (Å²) in [5, 5.41) is 0. The van der Waals surface area contributed by atoms with Gasteiger partial charge in [-0.3, -0.25) is 4.79 Å². The van der Waals surface area contributed by atoms with Crippen LogP contribution in [0.25, 0.3) is 11.3 Å². The molecule has 1 saturated heterocycles. The molecule has 0 bridgehead atoms. The number of carbonyl (C=O) groups excluding carboxylic acids is 1. The minimum absolute atomic E-state index is 0.114. The fraction of sp³-hybridized carbons (Fsp3) is 0.417. The number of benzene rings is 1. The largest absolute Gasteiger partial charge is 0.497 e. The van der Waals surface area contributed by atoms with Crippen molar-refractivity contribution in [3.63, 3.8) is 0 Å². The quantitative estimate of drug-likeness (QED) is 0.553. The monoisotopic (exact) mass is 436 g/mol. The molecule has 0 N–H and O–H groups in total. The van der Waals surface area contributed by atoms with Crippen molar-refractivity contribution >= 4 is 5.91 Å². The lowest BCUT2D eigenvalue weighted by atomic mass is 9.90. The van der Waals surface area contributed by atoms with Crippen molar-refractivity contribution in [3.05, 3.63) is 59.6 Å². The first-order valence-corrected chi connectivity index (χ1v) is 10.9. The number of amides is 1. The molecular formula is C24H28N4O4. The van der Waals surface area contributed by atoms with E-state index in [-0.39, 0.29) is 11.8 Å². The fourth-order valence-corrected chi connectivity index (χ4v) is 4.04. The summed E-state index contributed by atoms with van der Waals surface area (Å²) in [5.74, 6) is 2.13. The minimum Gasteiger partial charge on any atom is -0.497 e. The van der Waals surface area contributed by atoms with Crippen LogP contribution in [0.2, 0.25) is 0 Å². The number of piperidine rings is 1. The van der Waals surface area contributed by atoms with Gasteiger partial charge in [0.05, 0.1) is 19.4 Å². The van der Waals surface area contributed by atoms with Gasteiger partial charge in [0.2, 0.25) is 0 Å². The molecule has 1 aliphatic rings. The molecule has 0 aliphatic carbocycles. The first kappa shape index (κ1) is 22.0. The number of aromatic nitrogens is 3. The zero-order valence-electron chi connectivity index (χ0n) is 18.7. The molecule has 1 aromatic carbocycles. The van der Waals surface area contributed by atoms with E-state index in [0.717, 1.165) is 41.2 Å². The lowest BCUT2D eigenvalue weighted by Gasteiger charge is -2.32. The first-order valence-electron chi connectivity index (χ1n) is 10.9. The highest BCUT2D eigenvalue weighted by Gasteiger charge is 2.30. The molecule has 4 rings (SSSR count). The summed E-state index contributed by atoms with van der Waals surface area (Å²) < 4.78 is 16.4. The average molecular weight is 437 g/mol. The normalized spacial score (nSPS) is 14.5. The summed E-state index contributed by atoms with van der Waals surface area (Å²) in [6.07, 6.45) is 4.85. The summed E-state index contributed by atoms with van der Waals surface area (Å²) in [6.45, 7) is 6.30. The van der Waals surface area contributed by atoms with Crippen LogP contribution in [0.5, 0.6) is 5.75 Å². The minimum atomic E-state index is -0.114. The Morgan fingerprint density at radius 3 is 2.62 bits per heavy atom. The molecular weight excluding hydrogens is 408 g/mol. The summed E-state index contributed by atoms with van der Waals surface area (Å²) in [7, 11) is 1.62. The zero-order valence-corrected chi connectivity index (χ0v) is 18.7. The number of aryl methyl sites for hydroxylation is 1. The van der Waals surface area contributed by atoms with Crippen LogP contribution >= 0.6 is 0 Å². The molecule has 3 aromatic rings. The number of nitrogens with zero attached hydrogens (tertiary/aromatic N) is 4. The molecule has 0 saturated carbocycles. The molecule has 1 fully saturated rings. The average Bonchev–Trinajstić information content (AvgIpc) is 3.33. The van der Waals surface area contributed by atoms with E-state index < -0.39 is 0 Å². The Morgan fingerprint density at radius 2 is 1.94 bits per heavy atom. The van der Waals surface area contributed by atoms with Gasteiger partial charge in [-0.05, 0) is 51.0 Å². The maximum absolute atomic E-state index is 13.2. The number of oxazole rings is 1. The van der Waals surface area contributed by atoms with E-state index in [1.807, 2.05) is 49.2 Å². The van der Waals surface area contributed by atoms with Crippen LogP contribution in [0, 0.1) is 6.92 Å². The molecule has 32 heavy (non-hydrogen) atoms. The van der Waals surface area contributed by atoms with Crippen LogP contribution in [0.1, 0.15) is 53.3 Å². The van der Waals surface area contributed by atoms with Gasteiger partial charge in [-0.2, -0.15) is 0 Å². The van der Waals surface area contributed by atoms with Crippen LogP contribution < -0.4 is 4.74 Å². The Hall–Kier alpha value is -3.26. The Kier molecular flexibility index (Phi) is 6.80. The van der Waals surface area contributed by atoms with Crippen LogP contribution in [0.4, 0.5) is 0 Å². The highest BCUT2D eigenvalue weighted by atomic mass is 16.5. The second-order valence-corrected chi connectivity index (χ2v) is 7.79. The topological polar surface area (TPSA) is 90.6 Å². The van der Waals surface area contributed by atoms with Crippen molar-refractivity contribution in [2.24, 2.45) is 0 Å². The van der Waals surface area contributed by atoms with E-state index >= 15 is 0 Å². The number of rotatable bonds is 7. The predicted molar refractivity (Wildman–Crippen MR) is 118 cm³/mol. The van der Waals surface area contributed by atoms with Gasteiger partial charge in [0, 0.05) is 42.9 Å². The van der Waals surface area contributed by atoms with Gasteiger partial charge in [-0.25, -0.2) is 15.0 Å². The van der Waals surface area contributed by atoms with Crippen LogP contribution in [0.3, 0.4) is 0 Å². The van der Waals surface area contributed by atoms with Gasteiger partial charge in [-0.15, -0.1) is 0 Å². The number of ether oxygens (including phenoxy) is 2. The number of hydrogen-bond acceptors (Lipinski definition) is 7. The number of likely N-dealkylation sites (tertiary alicyclic amines) is 1. The highest BCUT2D eigenvalue weighted by Crippen LogP contribution is 2.31. The first-order chi connectivity index (χ1) is 15.6. The third-order valence-electron chi connectivity index (χ3n) is 5.77. The lowest BCUT2D eigenvalue weighted by Crippen LogP contribution is -2.38.